The average Bonchev–Trinajstić information content (AvgIpc) is 2.56. The van der Waals surface area contributed by atoms with Crippen molar-refractivity contribution in [3.05, 3.63) is 0 Å². The molecule has 2 rings (SSSR count). The summed E-state index contributed by atoms with van der Waals surface area (Å²) in [5, 5.41) is 12.0. The molecule has 2 N–H and O–H groups in total. The van der Waals surface area contributed by atoms with Crippen molar-refractivity contribution in [2.45, 2.75) is 52.5 Å². The topological polar surface area (TPSA) is 49.3 Å². The van der Waals surface area contributed by atoms with Gasteiger partial charge in [0.05, 0.1) is 12.6 Å². The Morgan fingerprint density at radius 1 is 1.50 bits per heavy atom. The van der Waals surface area contributed by atoms with Crippen LogP contribution >= 0.6 is 0 Å². The lowest BCUT2D eigenvalue weighted by molar-refractivity contribution is -0.132. The van der Waals surface area contributed by atoms with Crippen LogP contribution in [0.15, 0.2) is 0 Å². The van der Waals surface area contributed by atoms with Gasteiger partial charge >= 0.3 is 0 Å². The van der Waals surface area contributed by atoms with Crippen LogP contribution in [0, 0.1) is 16.7 Å². The van der Waals surface area contributed by atoms with Gasteiger partial charge in [-0.15, -0.1) is 0 Å². The third-order valence-corrected chi connectivity index (χ3v) is 5.29. The highest BCUT2D eigenvalue weighted by molar-refractivity contribution is 5.82. The number of amides is 1. The minimum absolute atomic E-state index is 0.0274. The number of carbonyl (C=O) groups is 1. The summed E-state index contributed by atoms with van der Waals surface area (Å²) in [5.74, 6) is 0.201. The molecule has 3 heteroatoms. The second kappa shape index (κ2) is 3.73. The molecule has 0 bridgehead atoms. The largest absolute Gasteiger partial charge is 0.394 e. The van der Waals surface area contributed by atoms with Crippen LogP contribution < -0.4 is 5.32 Å². The molecular weight excluding hydrogens is 202 g/mol. The van der Waals surface area contributed by atoms with Crippen molar-refractivity contribution < 1.29 is 9.90 Å². The van der Waals surface area contributed by atoms with Crippen molar-refractivity contribution in [1.29, 1.82) is 0 Å². The fourth-order valence-corrected chi connectivity index (χ4v) is 3.27. The molecule has 16 heavy (non-hydrogen) atoms. The molecule has 2 fully saturated rings. The first kappa shape index (κ1) is 11.9. The Labute approximate surface area is 97.6 Å². The summed E-state index contributed by atoms with van der Waals surface area (Å²) in [7, 11) is 0. The van der Waals surface area contributed by atoms with Crippen molar-refractivity contribution in [3.63, 3.8) is 0 Å². The summed E-state index contributed by atoms with van der Waals surface area (Å²) in [6.45, 7) is 6.80. The van der Waals surface area contributed by atoms with Crippen LogP contribution in [0.1, 0.15) is 46.5 Å². The van der Waals surface area contributed by atoms with Crippen LogP contribution in [-0.4, -0.2) is 23.7 Å². The summed E-state index contributed by atoms with van der Waals surface area (Å²) >= 11 is 0. The van der Waals surface area contributed by atoms with Crippen molar-refractivity contribution >= 4 is 5.91 Å². The number of nitrogens with one attached hydrogen (secondary N) is 1. The zero-order chi connectivity index (χ0) is 12.0. The van der Waals surface area contributed by atoms with E-state index in [-0.39, 0.29) is 29.9 Å². The van der Waals surface area contributed by atoms with Crippen LogP contribution in [0.3, 0.4) is 0 Å². The number of aliphatic hydroxyl groups excluding tert-OH is 1. The normalized spacial score (nSPS) is 33.4. The minimum atomic E-state index is -0.0274. The maximum Gasteiger partial charge on any atom is 0.224 e. The molecule has 1 saturated carbocycles. The number of hydrogen-bond acceptors (Lipinski definition) is 2. The van der Waals surface area contributed by atoms with Gasteiger partial charge in [-0.2, -0.15) is 0 Å². The van der Waals surface area contributed by atoms with Gasteiger partial charge in [-0.1, -0.05) is 27.2 Å². The highest BCUT2D eigenvalue weighted by Crippen LogP contribution is 2.58. The number of carbonyl (C=O) groups excluding carboxylic acids is 1. The molecule has 0 aromatic rings. The van der Waals surface area contributed by atoms with Crippen molar-refractivity contribution in [1.82, 2.24) is 5.32 Å². The van der Waals surface area contributed by atoms with Gasteiger partial charge in [0.25, 0.3) is 0 Å². The third kappa shape index (κ3) is 1.56. The highest BCUT2D eigenvalue weighted by Gasteiger charge is 2.53. The zero-order valence-corrected chi connectivity index (χ0v) is 10.5. The smallest absolute Gasteiger partial charge is 0.224 e. The fourth-order valence-electron chi connectivity index (χ4n) is 3.27. The van der Waals surface area contributed by atoms with Gasteiger partial charge in [-0.05, 0) is 30.1 Å². The van der Waals surface area contributed by atoms with E-state index in [1.54, 1.807) is 0 Å². The lowest BCUT2D eigenvalue weighted by Crippen LogP contribution is -2.47. The van der Waals surface area contributed by atoms with Crippen LogP contribution in [0.25, 0.3) is 0 Å². The van der Waals surface area contributed by atoms with E-state index in [9.17, 15) is 4.79 Å². The van der Waals surface area contributed by atoms with Gasteiger partial charge in [0, 0.05) is 5.92 Å². The molecule has 1 aliphatic carbocycles. The quantitative estimate of drug-likeness (QED) is 0.768. The minimum Gasteiger partial charge on any atom is -0.394 e. The monoisotopic (exact) mass is 225 g/mol. The van der Waals surface area contributed by atoms with Gasteiger partial charge in [0.1, 0.15) is 0 Å². The van der Waals surface area contributed by atoms with Crippen LogP contribution in [0.5, 0.6) is 0 Å². The highest BCUT2D eigenvalue weighted by atomic mass is 16.3. The van der Waals surface area contributed by atoms with Gasteiger partial charge in [-0.3, -0.25) is 4.79 Å². The summed E-state index contributed by atoms with van der Waals surface area (Å²) in [4.78, 5) is 12.0. The standard InChI is InChI=1S/C13H23NO2/c1-12(2,13(3)5-4-6-13)10-7-9(8-15)14-11(10)16/h9-10,15H,4-8H2,1-3H3,(H,14,16)/t9-,10?/m0/s1. The van der Waals surface area contributed by atoms with Crippen LogP contribution in [-0.2, 0) is 4.79 Å². The van der Waals surface area contributed by atoms with Crippen LogP contribution in [0.2, 0.25) is 0 Å². The Hall–Kier alpha value is -0.570. The van der Waals surface area contributed by atoms with Gasteiger partial charge in [0.2, 0.25) is 5.91 Å². The summed E-state index contributed by atoms with van der Waals surface area (Å²) in [5.41, 5.74) is 0.346. The van der Waals surface area contributed by atoms with Crippen molar-refractivity contribution in [3.8, 4) is 0 Å². The zero-order valence-electron chi connectivity index (χ0n) is 10.5. The molecule has 0 aromatic carbocycles. The molecular formula is C13H23NO2. The second-order valence-electron chi connectivity index (χ2n) is 6.31. The van der Waals surface area contributed by atoms with E-state index in [0.29, 0.717) is 5.41 Å². The lowest BCUT2D eigenvalue weighted by Gasteiger charge is -2.53. The molecule has 0 spiro atoms. The maximum atomic E-state index is 12.0. The first-order chi connectivity index (χ1) is 7.40. The Bertz CT molecular complexity index is 294. The molecule has 1 heterocycles. The molecule has 1 aliphatic heterocycles. The molecule has 1 amide bonds. The first-order valence-corrected chi connectivity index (χ1v) is 6.32. The molecule has 92 valence electrons. The molecule has 1 saturated heterocycles. The Balaban J connectivity index is 2.14. The molecule has 2 atom stereocenters. The lowest BCUT2D eigenvalue weighted by atomic mass is 9.51. The average molecular weight is 225 g/mol. The summed E-state index contributed by atoms with van der Waals surface area (Å²) < 4.78 is 0. The number of hydrogen-bond donors (Lipinski definition) is 2. The predicted octanol–water partition coefficient (Wildman–Crippen LogP) is 1.70. The van der Waals surface area contributed by atoms with E-state index in [2.05, 4.69) is 26.1 Å². The number of rotatable bonds is 3. The van der Waals surface area contributed by atoms with Crippen LogP contribution in [0.4, 0.5) is 0 Å². The predicted molar refractivity (Wildman–Crippen MR) is 62.9 cm³/mol. The van der Waals surface area contributed by atoms with E-state index in [4.69, 9.17) is 5.11 Å². The van der Waals surface area contributed by atoms with E-state index >= 15 is 0 Å². The van der Waals surface area contributed by atoms with E-state index < -0.39 is 0 Å². The molecule has 3 nitrogen and oxygen atoms in total. The summed E-state index contributed by atoms with van der Waals surface area (Å²) in [6, 6.07) is -0.0274. The SMILES string of the molecule is CC1(C(C)(C)C2C[C@@H](CO)NC2=O)CCC1. The Kier molecular flexibility index (Phi) is 2.77. The van der Waals surface area contributed by atoms with E-state index in [1.807, 2.05) is 0 Å². The second-order valence-corrected chi connectivity index (χ2v) is 6.31. The van der Waals surface area contributed by atoms with Gasteiger partial charge in [-0.25, -0.2) is 0 Å². The third-order valence-electron chi connectivity index (χ3n) is 5.29. The molecule has 0 radical (unpaired) electrons. The maximum absolute atomic E-state index is 12.0. The Morgan fingerprint density at radius 3 is 2.50 bits per heavy atom. The van der Waals surface area contributed by atoms with Crippen molar-refractivity contribution in [2.24, 2.45) is 16.7 Å². The summed E-state index contributed by atoms with van der Waals surface area (Å²) in [6.07, 6.45) is 4.54. The van der Waals surface area contributed by atoms with E-state index in [1.165, 1.54) is 19.3 Å². The Morgan fingerprint density at radius 2 is 2.12 bits per heavy atom. The molecule has 1 unspecified atom stereocenters. The van der Waals surface area contributed by atoms with Gasteiger partial charge in [0.15, 0.2) is 0 Å². The van der Waals surface area contributed by atoms with Crippen molar-refractivity contribution in [2.75, 3.05) is 6.61 Å². The molecule has 0 aromatic heterocycles. The van der Waals surface area contributed by atoms with E-state index in [0.717, 1.165) is 6.42 Å². The molecule has 2 aliphatic rings. The first-order valence-electron chi connectivity index (χ1n) is 6.32. The fraction of sp³-hybridized carbons (Fsp3) is 0.923. The number of aliphatic hydroxyl groups is 1. The van der Waals surface area contributed by atoms with Gasteiger partial charge < -0.3 is 10.4 Å².